The van der Waals surface area contributed by atoms with Crippen molar-refractivity contribution in [1.82, 2.24) is 15.1 Å². The van der Waals surface area contributed by atoms with Gasteiger partial charge in [0.15, 0.2) is 11.5 Å². The van der Waals surface area contributed by atoms with Crippen LogP contribution in [0.25, 0.3) is 11.5 Å². The Labute approximate surface area is 129 Å². The van der Waals surface area contributed by atoms with Gasteiger partial charge >= 0.3 is 0 Å². The van der Waals surface area contributed by atoms with Gasteiger partial charge in [-0.25, -0.2) is 0 Å². The van der Waals surface area contributed by atoms with Crippen molar-refractivity contribution in [2.45, 2.75) is 45.2 Å². The Bertz CT molecular complexity index is 674. The van der Waals surface area contributed by atoms with E-state index in [4.69, 9.17) is 4.42 Å². The van der Waals surface area contributed by atoms with Crippen molar-refractivity contribution < 1.29 is 9.21 Å². The molecule has 2 fully saturated rings. The molecule has 0 aromatic carbocycles. The fraction of sp³-hybridized carbons (Fsp3) is 0.529. The fourth-order valence-corrected chi connectivity index (χ4v) is 4.06. The molecule has 1 amide bonds. The molecular weight excluding hydrogens is 278 g/mol. The Balaban J connectivity index is 1.53. The maximum Gasteiger partial charge on any atom is 0.272 e. The second-order valence-electron chi connectivity index (χ2n) is 6.46. The van der Waals surface area contributed by atoms with Crippen molar-refractivity contribution in [2.24, 2.45) is 11.8 Å². The van der Waals surface area contributed by atoms with E-state index in [1.165, 1.54) is 19.3 Å². The zero-order chi connectivity index (χ0) is 15.1. The summed E-state index contributed by atoms with van der Waals surface area (Å²) in [5.74, 6) is 2.18. The molecule has 0 spiro atoms. The number of carbonyl (C=O) groups is 1. The largest absolute Gasteiger partial charge is 0.463 e. The molecule has 2 saturated carbocycles. The van der Waals surface area contributed by atoms with Gasteiger partial charge in [0.05, 0.1) is 6.26 Å². The number of aryl methyl sites for hydroxylation is 1. The predicted octanol–water partition coefficient (Wildman–Crippen LogP) is 3.08. The van der Waals surface area contributed by atoms with Gasteiger partial charge in [0, 0.05) is 18.7 Å². The van der Waals surface area contributed by atoms with E-state index in [1.807, 2.05) is 29.8 Å². The van der Waals surface area contributed by atoms with Gasteiger partial charge in [0.25, 0.3) is 5.91 Å². The average molecular weight is 299 g/mol. The van der Waals surface area contributed by atoms with Crippen LogP contribution in [0.5, 0.6) is 0 Å². The molecule has 1 N–H and O–H groups in total. The molecule has 0 unspecified atom stereocenters. The molecule has 0 saturated heterocycles. The zero-order valence-corrected chi connectivity index (χ0v) is 12.8. The van der Waals surface area contributed by atoms with Crippen LogP contribution in [0.15, 0.2) is 28.9 Å². The number of furan rings is 1. The minimum atomic E-state index is -0.0578. The highest BCUT2D eigenvalue weighted by Crippen LogP contribution is 2.44. The van der Waals surface area contributed by atoms with Crippen molar-refractivity contribution in [3.63, 3.8) is 0 Å². The summed E-state index contributed by atoms with van der Waals surface area (Å²) in [5, 5.41) is 7.62. The number of nitrogens with zero attached hydrogens (tertiary/aromatic N) is 2. The monoisotopic (exact) mass is 299 g/mol. The van der Waals surface area contributed by atoms with E-state index in [9.17, 15) is 4.79 Å². The zero-order valence-electron chi connectivity index (χ0n) is 12.8. The highest BCUT2D eigenvalue weighted by atomic mass is 16.3. The van der Waals surface area contributed by atoms with Gasteiger partial charge in [0.2, 0.25) is 0 Å². The third kappa shape index (κ3) is 2.25. The predicted molar refractivity (Wildman–Crippen MR) is 82.3 cm³/mol. The van der Waals surface area contributed by atoms with E-state index in [0.29, 0.717) is 24.2 Å². The Kier molecular flexibility index (Phi) is 3.28. The second-order valence-corrected chi connectivity index (χ2v) is 6.46. The summed E-state index contributed by atoms with van der Waals surface area (Å²) in [6.45, 7) is 2.72. The topological polar surface area (TPSA) is 60.1 Å². The first-order chi connectivity index (χ1) is 10.7. The molecule has 22 heavy (non-hydrogen) atoms. The molecule has 5 nitrogen and oxygen atoms in total. The van der Waals surface area contributed by atoms with E-state index in [1.54, 1.807) is 6.26 Å². The number of amides is 1. The number of rotatable bonds is 4. The summed E-state index contributed by atoms with van der Waals surface area (Å²) in [7, 11) is 0. The van der Waals surface area contributed by atoms with Gasteiger partial charge < -0.3 is 9.73 Å². The molecule has 2 aromatic heterocycles. The Morgan fingerprint density at radius 2 is 2.36 bits per heavy atom. The van der Waals surface area contributed by atoms with Crippen LogP contribution < -0.4 is 5.32 Å². The lowest BCUT2D eigenvalue weighted by atomic mass is 9.95. The van der Waals surface area contributed by atoms with Crippen molar-refractivity contribution in [3.8, 4) is 11.5 Å². The molecule has 2 aliphatic rings. The van der Waals surface area contributed by atoms with E-state index >= 15 is 0 Å². The first kappa shape index (κ1) is 13.6. The minimum absolute atomic E-state index is 0.0578. The summed E-state index contributed by atoms with van der Waals surface area (Å²) in [6, 6.07) is 5.90. The quantitative estimate of drug-likeness (QED) is 0.943. The number of carbonyl (C=O) groups excluding carboxylic acids is 1. The number of fused-ring (bicyclic) bond motifs is 2. The third-order valence-corrected chi connectivity index (χ3v) is 5.14. The van der Waals surface area contributed by atoms with Crippen molar-refractivity contribution >= 4 is 5.91 Å². The molecular formula is C17H21N3O2. The number of hydrogen-bond acceptors (Lipinski definition) is 3. The van der Waals surface area contributed by atoms with Crippen LogP contribution in [0.4, 0.5) is 0 Å². The highest BCUT2D eigenvalue weighted by Gasteiger charge is 2.40. The molecule has 2 bridgehead atoms. The van der Waals surface area contributed by atoms with Gasteiger partial charge in [-0.15, -0.1) is 0 Å². The van der Waals surface area contributed by atoms with Gasteiger partial charge in [-0.2, -0.15) is 5.10 Å². The van der Waals surface area contributed by atoms with Crippen molar-refractivity contribution in [1.29, 1.82) is 0 Å². The summed E-state index contributed by atoms with van der Waals surface area (Å²) in [6.07, 6.45) is 6.65. The van der Waals surface area contributed by atoms with Crippen molar-refractivity contribution in [2.75, 3.05) is 0 Å². The SMILES string of the molecule is CCn1nc(C(=O)N[C@@H]2C[C@H]3CC[C@H]2C3)cc1-c1ccco1. The highest BCUT2D eigenvalue weighted by molar-refractivity contribution is 5.93. The molecule has 2 aromatic rings. The lowest BCUT2D eigenvalue weighted by Gasteiger charge is -2.22. The number of aromatic nitrogens is 2. The molecule has 0 aliphatic heterocycles. The van der Waals surface area contributed by atoms with E-state index in [-0.39, 0.29) is 5.91 Å². The van der Waals surface area contributed by atoms with Crippen LogP contribution in [0, 0.1) is 11.8 Å². The molecule has 2 heterocycles. The average Bonchev–Trinajstić information content (AvgIpc) is 3.28. The molecule has 4 rings (SSSR count). The standard InChI is InChI=1S/C17H21N3O2/c1-2-20-15(16-4-3-7-22-16)10-14(19-20)17(21)18-13-9-11-5-6-12(13)8-11/h3-4,7,10-13H,2,5-6,8-9H2,1H3,(H,18,21)/t11-,12-,13+/m0/s1. The first-order valence-corrected chi connectivity index (χ1v) is 8.17. The molecule has 5 heteroatoms. The summed E-state index contributed by atoms with van der Waals surface area (Å²) >= 11 is 0. The molecule has 3 atom stereocenters. The Hall–Kier alpha value is -2.04. The van der Waals surface area contributed by atoms with Crippen LogP contribution in [-0.4, -0.2) is 21.7 Å². The van der Waals surface area contributed by atoms with E-state index < -0.39 is 0 Å². The van der Waals surface area contributed by atoms with Crippen LogP contribution in [0.1, 0.15) is 43.1 Å². The van der Waals surface area contributed by atoms with Gasteiger partial charge in [0.1, 0.15) is 5.69 Å². The molecule has 0 radical (unpaired) electrons. The summed E-state index contributed by atoms with van der Waals surface area (Å²) in [4.78, 5) is 12.5. The summed E-state index contributed by atoms with van der Waals surface area (Å²) < 4.78 is 7.25. The second kappa shape index (κ2) is 5.30. The van der Waals surface area contributed by atoms with E-state index in [2.05, 4.69) is 10.4 Å². The van der Waals surface area contributed by atoms with Crippen LogP contribution in [-0.2, 0) is 6.54 Å². The number of hydrogen-bond donors (Lipinski definition) is 1. The normalized spacial score (nSPS) is 26.5. The van der Waals surface area contributed by atoms with Gasteiger partial charge in [-0.1, -0.05) is 6.42 Å². The molecule has 116 valence electrons. The Morgan fingerprint density at radius 3 is 3.00 bits per heavy atom. The van der Waals surface area contributed by atoms with Crippen molar-refractivity contribution in [3.05, 3.63) is 30.2 Å². The smallest absolute Gasteiger partial charge is 0.272 e. The lowest BCUT2D eigenvalue weighted by Crippen LogP contribution is -2.38. The first-order valence-electron chi connectivity index (χ1n) is 8.17. The van der Waals surface area contributed by atoms with Gasteiger partial charge in [-0.3, -0.25) is 9.48 Å². The minimum Gasteiger partial charge on any atom is -0.463 e. The van der Waals surface area contributed by atoms with Crippen LogP contribution in [0.3, 0.4) is 0 Å². The van der Waals surface area contributed by atoms with E-state index in [0.717, 1.165) is 23.8 Å². The molecule has 2 aliphatic carbocycles. The maximum atomic E-state index is 12.5. The lowest BCUT2D eigenvalue weighted by molar-refractivity contribution is 0.0917. The maximum absolute atomic E-state index is 12.5. The van der Waals surface area contributed by atoms with Gasteiger partial charge in [-0.05, 0) is 50.2 Å². The summed E-state index contributed by atoms with van der Waals surface area (Å²) in [5.41, 5.74) is 1.33. The third-order valence-electron chi connectivity index (χ3n) is 5.14. The Morgan fingerprint density at radius 1 is 1.45 bits per heavy atom. The fourth-order valence-electron chi connectivity index (χ4n) is 4.06. The number of nitrogens with one attached hydrogen (secondary N) is 1. The van der Waals surface area contributed by atoms with Crippen LogP contribution >= 0.6 is 0 Å². The van der Waals surface area contributed by atoms with Crippen LogP contribution in [0.2, 0.25) is 0 Å².